The Hall–Kier alpha value is -2.22. The van der Waals surface area contributed by atoms with E-state index in [9.17, 15) is 13.2 Å². The van der Waals surface area contributed by atoms with Gasteiger partial charge in [-0.25, -0.2) is 8.42 Å². The summed E-state index contributed by atoms with van der Waals surface area (Å²) in [6, 6.07) is 18.7. The molecule has 1 amide bonds. The summed E-state index contributed by atoms with van der Waals surface area (Å²) in [4.78, 5) is 15.1. The summed E-state index contributed by atoms with van der Waals surface area (Å²) in [7, 11) is -1.48. The van der Waals surface area contributed by atoms with Gasteiger partial charge in [0.1, 0.15) is 0 Å². The smallest absolute Gasteiger partial charge is 0.243 e. The number of piperidine rings is 1. The van der Waals surface area contributed by atoms with Gasteiger partial charge < -0.3 is 10.2 Å². The first-order valence-corrected chi connectivity index (χ1v) is 12.0. The Morgan fingerprint density at radius 1 is 1.10 bits per heavy atom. The SMILES string of the molecule is CN(CCCNC(=O)C1CCCN(S(=O)(=O)c2ccccc2)C1)Cc1ccccc1. The molecule has 0 spiro atoms. The predicted octanol–water partition coefficient (Wildman–Crippen LogP) is 2.73. The molecule has 0 aliphatic carbocycles. The molecule has 2 aromatic carbocycles. The fraction of sp³-hybridized carbons (Fsp3) is 0.435. The van der Waals surface area contributed by atoms with Crippen LogP contribution in [0.5, 0.6) is 0 Å². The van der Waals surface area contributed by atoms with E-state index in [0.717, 1.165) is 25.9 Å². The van der Waals surface area contributed by atoms with Crippen LogP contribution in [0.1, 0.15) is 24.8 Å². The summed E-state index contributed by atoms with van der Waals surface area (Å²) in [5.41, 5.74) is 1.27. The lowest BCUT2D eigenvalue weighted by Crippen LogP contribution is -2.45. The maximum Gasteiger partial charge on any atom is 0.243 e. The van der Waals surface area contributed by atoms with Gasteiger partial charge in [0.25, 0.3) is 0 Å². The van der Waals surface area contributed by atoms with E-state index in [2.05, 4.69) is 29.4 Å². The molecule has 0 saturated carbocycles. The largest absolute Gasteiger partial charge is 0.356 e. The second-order valence-electron chi connectivity index (χ2n) is 7.88. The third-order valence-electron chi connectivity index (χ3n) is 5.45. The number of benzene rings is 2. The number of nitrogens with zero attached hydrogens (tertiary/aromatic N) is 2. The molecule has 1 heterocycles. The van der Waals surface area contributed by atoms with E-state index in [1.807, 2.05) is 18.2 Å². The summed E-state index contributed by atoms with van der Waals surface area (Å²) in [6.07, 6.45) is 2.28. The molecule has 0 aromatic heterocycles. The molecule has 3 rings (SSSR count). The Labute approximate surface area is 179 Å². The molecule has 1 saturated heterocycles. The molecule has 7 heteroatoms. The zero-order chi connectivity index (χ0) is 21.4. The Morgan fingerprint density at radius 3 is 2.47 bits per heavy atom. The zero-order valence-corrected chi connectivity index (χ0v) is 18.4. The molecule has 1 aliphatic rings. The minimum atomic E-state index is -3.55. The van der Waals surface area contributed by atoms with Gasteiger partial charge in [0.2, 0.25) is 15.9 Å². The number of hydrogen-bond donors (Lipinski definition) is 1. The number of amides is 1. The van der Waals surface area contributed by atoms with Crippen molar-refractivity contribution >= 4 is 15.9 Å². The highest BCUT2D eigenvalue weighted by molar-refractivity contribution is 7.89. The van der Waals surface area contributed by atoms with Crippen molar-refractivity contribution in [2.75, 3.05) is 33.2 Å². The van der Waals surface area contributed by atoms with Gasteiger partial charge in [-0.05, 0) is 50.6 Å². The van der Waals surface area contributed by atoms with Crippen LogP contribution < -0.4 is 5.32 Å². The number of carbonyl (C=O) groups excluding carboxylic acids is 1. The summed E-state index contributed by atoms with van der Waals surface area (Å²) >= 11 is 0. The van der Waals surface area contributed by atoms with Crippen molar-refractivity contribution in [2.24, 2.45) is 5.92 Å². The third kappa shape index (κ3) is 6.14. The first-order chi connectivity index (χ1) is 14.5. The topological polar surface area (TPSA) is 69.7 Å². The summed E-state index contributed by atoms with van der Waals surface area (Å²) in [5, 5.41) is 3.00. The molecule has 0 bridgehead atoms. The van der Waals surface area contributed by atoms with Crippen molar-refractivity contribution < 1.29 is 13.2 Å². The van der Waals surface area contributed by atoms with Gasteiger partial charge in [0.05, 0.1) is 10.8 Å². The van der Waals surface area contributed by atoms with Crippen molar-refractivity contribution in [3.05, 3.63) is 66.2 Å². The summed E-state index contributed by atoms with van der Waals surface area (Å²) in [5.74, 6) is -0.340. The predicted molar refractivity (Wildman–Crippen MR) is 118 cm³/mol. The third-order valence-corrected chi connectivity index (χ3v) is 7.33. The van der Waals surface area contributed by atoms with E-state index in [1.165, 1.54) is 9.87 Å². The highest BCUT2D eigenvalue weighted by Gasteiger charge is 2.33. The van der Waals surface area contributed by atoms with Gasteiger partial charge in [0, 0.05) is 26.2 Å². The van der Waals surface area contributed by atoms with E-state index in [1.54, 1.807) is 30.3 Å². The molecule has 1 atom stereocenters. The van der Waals surface area contributed by atoms with Gasteiger partial charge in [0.15, 0.2) is 0 Å². The van der Waals surface area contributed by atoms with Crippen LogP contribution >= 0.6 is 0 Å². The Balaban J connectivity index is 1.43. The van der Waals surface area contributed by atoms with E-state index < -0.39 is 10.0 Å². The van der Waals surface area contributed by atoms with Crippen molar-refractivity contribution in [1.29, 1.82) is 0 Å². The average molecular weight is 430 g/mol. The fourth-order valence-electron chi connectivity index (χ4n) is 3.80. The van der Waals surface area contributed by atoms with E-state index in [0.29, 0.717) is 19.5 Å². The normalized spacial score (nSPS) is 17.7. The monoisotopic (exact) mass is 429 g/mol. The minimum absolute atomic E-state index is 0.0475. The molecule has 6 nitrogen and oxygen atoms in total. The summed E-state index contributed by atoms with van der Waals surface area (Å²) < 4.78 is 27.1. The second-order valence-corrected chi connectivity index (χ2v) is 9.82. The van der Waals surface area contributed by atoms with Gasteiger partial charge in [-0.15, -0.1) is 0 Å². The van der Waals surface area contributed by atoms with Crippen LogP contribution in [0.25, 0.3) is 0 Å². The first-order valence-electron chi connectivity index (χ1n) is 10.5. The Bertz CT molecular complexity index is 904. The number of rotatable bonds is 9. The maximum absolute atomic E-state index is 12.8. The molecule has 1 N–H and O–H groups in total. The zero-order valence-electron chi connectivity index (χ0n) is 17.5. The quantitative estimate of drug-likeness (QED) is 0.623. The molecule has 162 valence electrons. The van der Waals surface area contributed by atoms with Gasteiger partial charge >= 0.3 is 0 Å². The molecular weight excluding hydrogens is 398 g/mol. The number of nitrogens with one attached hydrogen (secondary N) is 1. The van der Waals surface area contributed by atoms with Crippen molar-refractivity contribution in [1.82, 2.24) is 14.5 Å². The number of carbonyl (C=O) groups is 1. The molecule has 1 unspecified atom stereocenters. The Kier molecular flexibility index (Phi) is 8.01. The van der Waals surface area contributed by atoms with Gasteiger partial charge in [-0.2, -0.15) is 4.31 Å². The van der Waals surface area contributed by atoms with E-state index in [4.69, 9.17) is 0 Å². The van der Waals surface area contributed by atoms with E-state index in [-0.39, 0.29) is 23.3 Å². The van der Waals surface area contributed by atoms with Crippen LogP contribution in [-0.4, -0.2) is 56.8 Å². The van der Waals surface area contributed by atoms with Crippen molar-refractivity contribution in [3.63, 3.8) is 0 Å². The lowest BCUT2D eigenvalue weighted by atomic mass is 9.99. The van der Waals surface area contributed by atoms with Crippen LogP contribution in [-0.2, 0) is 21.4 Å². The molecule has 1 fully saturated rings. The van der Waals surface area contributed by atoms with E-state index >= 15 is 0 Å². The maximum atomic E-state index is 12.8. The fourth-order valence-corrected chi connectivity index (χ4v) is 5.34. The second kappa shape index (κ2) is 10.7. The summed E-state index contributed by atoms with van der Waals surface area (Å²) in [6.45, 7) is 3.07. The Morgan fingerprint density at radius 2 is 1.77 bits per heavy atom. The molecule has 30 heavy (non-hydrogen) atoms. The molecular formula is C23H31N3O3S. The van der Waals surface area contributed by atoms with Crippen LogP contribution in [0, 0.1) is 5.92 Å². The van der Waals surface area contributed by atoms with Crippen molar-refractivity contribution in [3.8, 4) is 0 Å². The molecule has 2 aromatic rings. The highest BCUT2D eigenvalue weighted by atomic mass is 32.2. The lowest BCUT2D eigenvalue weighted by Gasteiger charge is -2.31. The van der Waals surface area contributed by atoms with Crippen LogP contribution in [0.4, 0.5) is 0 Å². The first kappa shape index (κ1) is 22.5. The van der Waals surface area contributed by atoms with Crippen LogP contribution in [0.3, 0.4) is 0 Å². The number of sulfonamides is 1. The molecule has 1 aliphatic heterocycles. The standard InChI is InChI=1S/C23H31N3O3S/c1-25(18-20-10-4-2-5-11-20)16-9-15-24-23(27)21-12-8-17-26(19-21)30(28,29)22-13-6-3-7-14-22/h2-7,10-11,13-14,21H,8-9,12,15-19H2,1H3,(H,24,27). The number of hydrogen-bond acceptors (Lipinski definition) is 4. The van der Waals surface area contributed by atoms with Gasteiger partial charge in [-0.3, -0.25) is 4.79 Å². The van der Waals surface area contributed by atoms with Crippen LogP contribution in [0.15, 0.2) is 65.6 Å². The van der Waals surface area contributed by atoms with Crippen LogP contribution in [0.2, 0.25) is 0 Å². The minimum Gasteiger partial charge on any atom is -0.356 e. The van der Waals surface area contributed by atoms with Gasteiger partial charge in [-0.1, -0.05) is 48.5 Å². The molecule has 0 radical (unpaired) electrons. The highest BCUT2D eigenvalue weighted by Crippen LogP contribution is 2.23. The lowest BCUT2D eigenvalue weighted by molar-refractivity contribution is -0.126. The average Bonchev–Trinajstić information content (AvgIpc) is 2.78. The van der Waals surface area contributed by atoms with Crippen molar-refractivity contribution in [2.45, 2.75) is 30.7 Å².